The summed E-state index contributed by atoms with van der Waals surface area (Å²) in [6.07, 6.45) is 28.5. The van der Waals surface area contributed by atoms with E-state index in [0.29, 0.717) is 26.6 Å². The van der Waals surface area contributed by atoms with Crippen LogP contribution in [0.15, 0.2) is 42.7 Å². The molecule has 55 heavy (non-hydrogen) atoms. The Morgan fingerprint density at radius 3 is 1.85 bits per heavy atom. The van der Waals surface area contributed by atoms with Crippen molar-refractivity contribution in [3.8, 4) is 28.4 Å². The summed E-state index contributed by atoms with van der Waals surface area (Å²) in [6, 6.07) is 11.6. The number of ether oxygens (including phenoxy) is 1. The van der Waals surface area contributed by atoms with Crippen molar-refractivity contribution in [1.29, 1.82) is 0 Å². The van der Waals surface area contributed by atoms with Crippen molar-refractivity contribution < 1.29 is 13.5 Å². The topological polar surface area (TPSA) is 47.9 Å². The van der Waals surface area contributed by atoms with Crippen LogP contribution < -0.4 is 15.1 Å². The molecule has 0 spiro atoms. The Bertz CT molecular complexity index is 1520. The number of aromatic nitrogens is 3. The van der Waals surface area contributed by atoms with Gasteiger partial charge in [0.25, 0.3) is 0 Å². The monoisotopic (exact) mass is 788 g/mol. The molecule has 302 valence electrons. The summed E-state index contributed by atoms with van der Waals surface area (Å²) in [6.45, 7) is 13.4. The Kier molecular flexibility index (Phi) is 20.0. The summed E-state index contributed by atoms with van der Waals surface area (Å²) in [5, 5.41) is 2.14. The summed E-state index contributed by atoms with van der Waals surface area (Å²) in [5.41, 5.74) is 2.61. The first-order valence-electron chi connectivity index (χ1n) is 22.1. The molecule has 0 amide bonds. The normalized spacial score (nSPS) is 15.7. The molecule has 1 aliphatic heterocycles. The van der Waals surface area contributed by atoms with Gasteiger partial charge in [-0.05, 0) is 40.1 Å². The van der Waals surface area contributed by atoms with Gasteiger partial charge in [-0.25, -0.2) is 15.0 Å². The maximum atomic E-state index is 15.0. The van der Waals surface area contributed by atoms with Crippen molar-refractivity contribution in [2.75, 3.05) is 6.61 Å². The van der Waals surface area contributed by atoms with Crippen molar-refractivity contribution in [3.05, 3.63) is 48.4 Å². The third-order valence-electron chi connectivity index (χ3n) is 11.5. The highest BCUT2D eigenvalue weighted by atomic mass is 28.2. The average molecular weight is 788 g/mol. The minimum absolute atomic E-state index is 0.266. The minimum Gasteiger partial charge on any atom is -0.485 e. The molecule has 3 aromatic rings. The van der Waals surface area contributed by atoms with Crippen LogP contribution in [0.25, 0.3) is 22.6 Å². The van der Waals surface area contributed by atoms with Crippen LogP contribution in [0.2, 0.25) is 11.6 Å². The molecule has 0 bridgehead atoms. The largest absolute Gasteiger partial charge is 0.485 e. The van der Waals surface area contributed by atoms with Gasteiger partial charge in [-0.2, -0.15) is 8.78 Å². The summed E-state index contributed by atoms with van der Waals surface area (Å²) in [5.74, 6) is -0.0446. The number of fused-ring (bicyclic) bond motifs is 1. The van der Waals surface area contributed by atoms with Crippen LogP contribution in [0.5, 0.6) is 5.75 Å². The highest BCUT2D eigenvalue weighted by Gasteiger charge is 2.45. The summed E-state index contributed by atoms with van der Waals surface area (Å²) < 4.78 is 35.6. The molecule has 1 aliphatic rings. The number of nitrogens with zero attached hydrogens (tertiary/aromatic N) is 3. The molecule has 0 saturated carbocycles. The quantitative estimate of drug-likeness (QED) is 0.0543. The molecule has 0 fully saturated rings. The molecular formula is C47H71F2N3OSi2. The number of benzene rings is 1. The zero-order valence-electron chi connectivity index (χ0n) is 35.2. The van der Waals surface area contributed by atoms with E-state index in [1.165, 1.54) is 127 Å². The fourth-order valence-corrected chi connectivity index (χ4v) is 10.8. The van der Waals surface area contributed by atoms with Gasteiger partial charge in [0, 0.05) is 18.0 Å². The first-order chi connectivity index (χ1) is 26.6. The molecule has 4 atom stereocenters. The standard InChI is InChI=1S/C47H71F2N3OSi2/c1-7-9-13-21-35(3)23-15-11-12-16-26-38(6)55-43-31-41(52-45-44(43)53-34-47(45,48)49)46-50-32-39(33-51-46)40-27-19-20-28-42(40)54-30-29-37(5)25-18-17-24-36(4)22-14-10-8-2/h19-20,27-28,31-33,35-38H,7-18,21-26,29-30,34H2,1-6H3. The first kappa shape index (κ1) is 45.2. The number of hydrogen-bond acceptors (Lipinski definition) is 4. The minimum atomic E-state index is -3.12. The van der Waals surface area contributed by atoms with Crippen molar-refractivity contribution >= 4 is 29.4 Å². The second-order valence-electron chi connectivity index (χ2n) is 16.9. The van der Waals surface area contributed by atoms with Crippen molar-refractivity contribution in [2.24, 2.45) is 17.8 Å². The molecule has 0 N–H and O–H groups in total. The molecule has 3 heterocycles. The number of halogens is 2. The summed E-state index contributed by atoms with van der Waals surface area (Å²) in [4.78, 5) is 13.8. The molecular weight excluding hydrogens is 717 g/mol. The highest BCUT2D eigenvalue weighted by Crippen LogP contribution is 2.40. The maximum Gasteiger partial charge on any atom is 0.326 e. The number of rotatable bonds is 28. The van der Waals surface area contributed by atoms with Crippen LogP contribution >= 0.6 is 0 Å². The van der Waals surface area contributed by atoms with Crippen LogP contribution in [0.3, 0.4) is 0 Å². The van der Waals surface area contributed by atoms with Gasteiger partial charge in [-0.1, -0.05) is 199 Å². The maximum absolute atomic E-state index is 15.0. The van der Waals surface area contributed by atoms with Gasteiger partial charge in [0.1, 0.15) is 11.4 Å². The lowest BCUT2D eigenvalue weighted by Crippen LogP contribution is -2.22. The molecule has 1 aromatic carbocycles. The van der Waals surface area contributed by atoms with Gasteiger partial charge >= 0.3 is 5.92 Å². The van der Waals surface area contributed by atoms with Gasteiger partial charge in [0.05, 0.1) is 19.0 Å². The van der Waals surface area contributed by atoms with E-state index in [4.69, 9.17) is 14.7 Å². The van der Waals surface area contributed by atoms with E-state index in [9.17, 15) is 0 Å². The number of hydrogen-bond donors (Lipinski definition) is 0. The predicted octanol–water partition coefficient (Wildman–Crippen LogP) is 12.9. The van der Waals surface area contributed by atoms with Gasteiger partial charge in [-0.15, -0.1) is 0 Å². The predicted molar refractivity (Wildman–Crippen MR) is 232 cm³/mol. The Labute approximate surface area is 338 Å². The number of pyridine rings is 1. The average Bonchev–Trinajstić information content (AvgIpc) is 3.49. The molecule has 4 radical (unpaired) electrons. The van der Waals surface area contributed by atoms with Gasteiger partial charge < -0.3 is 4.74 Å². The van der Waals surface area contributed by atoms with E-state index in [1.54, 1.807) is 0 Å². The van der Waals surface area contributed by atoms with E-state index in [-0.39, 0.29) is 11.4 Å². The highest BCUT2D eigenvalue weighted by molar-refractivity contribution is 6.56. The summed E-state index contributed by atoms with van der Waals surface area (Å²) in [7, 11) is 1.08. The van der Waals surface area contributed by atoms with Crippen LogP contribution in [-0.4, -0.2) is 40.6 Å². The first-order valence-corrected chi connectivity index (χ1v) is 24.4. The second kappa shape index (κ2) is 24.3. The van der Waals surface area contributed by atoms with Crippen LogP contribution in [-0.2, 0) is 5.92 Å². The lowest BCUT2D eigenvalue weighted by atomic mass is 9.94. The van der Waals surface area contributed by atoms with E-state index in [0.717, 1.165) is 50.0 Å². The molecule has 4 nitrogen and oxygen atoms in total. The van der Waals surface area contributed by atoms with Crippen LogP contribution in [0, 0.1) is 17.8 Å². The number of unbranched alkanes of at least 4 members (excludes halogenated alkanes) is 8. The third-order valence-corrected chi connectivity index (χ3v) is 14.3. The van der Waals surface area contributed by atoms with E-state index >= 15 is 8.78 Å². The smallest absolute Gasteiger partial charge is 0.326 e. The number of alkyl halides is 2. The molecule has 2 aromatic heterocycles. The van der Waals surface area contributed by atoms with Gasteiger partial charge in [0.2, 0.25) is 0 Å². The van der Waals surface area contributed by atoms with E-state index in [2.05, 4.69) is 70.8 Å². The fraction of sp³-hybridized carbons (Fsp3) is 0.681. The zero-order valence-corrected chi connectivity index (χ0v) is 37.2. The van der Waals surface area contributed by atoms with Crippen LogP contribution in [0.1, 0.15) is 169 Å². The molecule has 0 saturated heterocycles. The Morgan fingerprint density at radius 1 is 0.691 bits per heavy atom. The molecule has 8 heteroatoms. The Hall–Kier alpha value is -2.46. The van der Waals surface area contributed by atoms with Crippen molar-refractivity contribution in [1.82, 2.24) is 15.0 Å². The Balaban J connectivity index is 1.30. The second-order valence-corrected chi connectivity index (χ2v) is 20.1. The van der Waals surface area contributed by atoms with Crippen LogP contribution in [0.4, 0.5) is 8.78 Å². The molecule has 4 rings (SSSR count). The zero-order chi connectivity index (χ0) is 39.5. The lowest BCUT2D eigenvalue weighted by molar-refractivity contribution is -0.0243. The Morgan fingerprint density at radius 2 is 1.24 bits per heavy atom. The van der Waals surface area contributed by atoms with Crippen molar-refractivity contribution in [2.45, 2.75) is 181 Å². The summed E-state index contributed by atoms with van der Waals surface area (Å²) >= 11 is 0. The fourth-order valence-electron chi connectivity index (χ4n) is 7.86. The van der Waals surface area contributed by atoms with Crippen molar-refractivity contribution in [3.63, 3.8) is 0 Å². The third kappa shape index (κ3) is 15.4. The molecule has 4 unspecified atom stereocenters. The van der Waals surface area contributed by atoms with E-state index < -0.39 is 12.5 Å². The van der Waals surface area contributed by atoms with Gasteiger partial charge in [-0.3, -0.25) is 0 Å². The van der Waals surface area contributed by atoms with E-state index in [1.807, 2.05) is 18.5 Å². The molecule has 0 aliphatic carbocycles. The SMILES string of the molecule is CCCCCC(C)CCCCCCC(C)[Si]c1cc(-c2ncc(-c3ccccc3[Si]CCC(C)CCCCC(C)CCCCC)cn2)nc2c1OCC2(F)F. The lowest BCUT2D eigenvalue weighted by Gasteiger charge is -2.15. The van der Waals surface area contributed by atoms with Gasteiger partial charge in [0.15, 0.2) is 18.1 Å².